The number of carbonyl (C=O) groups is 1. The molecular weight excluding hydrogens is 307 g/mol. The number of benzene rings is 1. The molecule has 1 aromatic rings. The average Bonchev–Trinajstić information content (AvgIpc) is 2.67. The predicted octanol–water partition coefficient (Wildman–Crippen LogP) is 2.85. The molecule has 6 heteroatoms. The highest BCUT2D eigenvalue weighted by molar-refractivity contribution is 6.31. The van der Waals surface area contributed by atoms with Gasteiger partial charge in [-0.1, -0.05) is 17.7 Å². The standard InChI is InChI=1S/C16H22ClFN2O2/c1-19(11-16(21)22)14-3-2-7-20(8-6-14)10-12-4-5-13(18)9-15(12)17/h4-5,9,14H,2-3,6-8,10-11H2,1H3,(H,21,22). The number of nitrogens with zero attached hydrogens (tertiary/aromatic N) is 2. The molecule has 1 unspecified atom stereocenters. The maximum atomic E-state index is 13.1. The van der Waals surface area contributed by atoms with Crippen LogP contribution in [-0.4, -0.2) is 53.6 Å². The molecule has 22 heavy (non-hydrogen) atoms. The molecular formula is C16H22ClFN2O2. The number of halogens is 2. The van der Waals surface area contributed by atoms with Crippen LogP contribution in [0.25, 0.3) is 0 Å². The molecule has 1 aliphatic heterocycles. The molecule has 0 amide bonds. The van der Waals surface area contributed by atoms with Crippen molar-refractivity contribution in [2.45, 2.75) is 31.8 Å². The van der Waals surface area contributed by atoms with E-state index in [0.717, 1.165) is 37.9 Å². The summed E-state index contributed by atoms with van der Waals surface area (Å²) in [4.78, 5) is 15.0. The van der Waals surface area contributed by atoms with Crippen LogP contribution < -0.4 is 0 Å². The van der Waals surface area contributed by atoms with Crippen LogP contribution in [0.2, 0.25) is 5.02 Å². The topological polar surface area (TPSA) is 43.8 Å². The summed E-state index contributed by atoms with van der Waals surface area (Å²) in [5.41, 5.74) is 0.931. The second kappa shape index (κ2) is 7.90. The van der Waals surface area contributed by atoms with E-state index in [1.807, 2.05) is 11.9 Å². The molecule has 1 heterocycles. The Morgan fingerprint density at radius 1 is 1.45 bits per heavy atom. The predicted molar refractivity (Wildman–Crippen MR) is 84.6 cm³/mol. The van der Waals surface area contributed by atoms with E-state index in [0.29, 0.717) is 17.6 Å². The smallest absolute Gasteiger partial charge is 0.317 e. The summed E-state index contributed by atoms with van der Waals surface area (Å²) < 4.78 is 13.1. The molecule has 1 aliphatic rings. The molecule has 1 fully saturated rings. The average molecular weight is 329 g/mol. The van der Waals surface area contributed by atoms with Crippen molar-refractivity contribution in [1.29, 1.82) is 0 Å². The van der Waals surface area contributed by atoms with Gasteiger partial charge in [-0.3, -0.25) is 14.6 Å². The Hall–Kier alpha value is -1.17. The van der Waals surface area contributed by atoms with Gasteiger partial charge in [0.2, 0.25) is 0 Å². The van der Waals surface area contributed by atoms with Crippen molar-refractivity contribution in [2.75, 3.05) is 26.7 Å². The zero-order valence-corrected chi connectivity index (χ0v) is 13.5. The van der Waals surface area contributed by atoms with Gasteiger partial charge in [-0.05, 0) is 57.1 Å². The Morgan fingerprint density at radius 3 is 2.91 bits per heavy atom. The molecule has 122 valence electrons. The fraction of sp³-hybridized carbons (Fsp3) is 0.562. The van der Waals surface area contributed by atoms with Crippen LogP contribution in [0.1, 0.15) is 24.8 Å². The highest BCUT2D eigenvalue weighted by Gasteiger charge is 2.22. The Bertz CT molecular complexity index is 527. The SMILES string of the molecule is CN(CC(=O)O)C1CCCN(Cc2ccc(F)cc2Cl)CC1. The fourth-order valence-corrected chi connectivity index (χ4v) is 3.20. The van der Waals surface area contributed by atoms with Gasteiger partial charge >= 0.3 is 5.97 Å². The molecule has 4 nitrogen and oxygen atoms in total. The number of aliphatic carboxylic acids is 1. The molecule has 0 aromatic heterocycles. The van der Waals surface area contributed by atoms with E-state index in [4.69, 9.17) is 16.7 Å². The number of hydrogen-bond donors (Lipinski definition) is 1. The third-order valence-electron chi connectivity index (χ3n) is 4.21. The van der Waals surface area contributed by atoms with E-state index < -0.39 is 5.97 Å². The van der Waals surface area contributed by atoms with Gasteiger partial charge in [-0.15, -0.1) is 0 Å². The molecule has 0 aliphatic carbocycles. The largest absolute Gasteiger partial charge is 0.480 e. The van der Waals surface area contributed by atoms with E-state index in [1.54, 1.807) is 6.07 Å². The third kappa shape index (κ3) is 4.93. The van der Waals surface area contributed by atoms with Crippen molar-refractivity contribution in [3.05, 3.63) is 34.6 Å². The molecule has 1 N–H and O–H groups in total. The molecule has 0 spiro atoms. The number of hydrogen-bond acceptors (Lipinski definition) is 3. The zero-order chi connectivity index (χ0) is 16.1. The van der Waals surface area contributed by atoms with Crippen LogP contribution in [0.3, 0.4) is 0 Å². The first kappa shape index (κ1) is 17.2. The van der Waals surface area contributed by atoms with Gasteiger partial charge in [0.15, 0.2) is 0 Å². The van der Waals surface area contributed by atoms with E-state index in [9.17, 15) is 9.18 Å². The van der Waals surface area contributed by atoms with Gasteiger partial charge in [-0.2, -0.15) is 0 Å². The first-order valence-electron chi connectivity index (χ1n) is 7.54. The van der Waals surface area contributed by atoms with Crippen LogP contribution in [0.5, 0.6) is 0 Å². The van der Waals surface area contributed by atoms with Crippen LogP contribution in [0.15, 0.2) is 18.2 Å². The van der Waals surface area contributed by atoms with Crippen LogP contribution >= 0.6 is 11.6 Å². The van der Waals surface area contributed by atoms with Gasteiger partial charge in [-0.25, -0.2) is 4.39 Å². The molecule has 0 bridgehead atoms. The maximum absolute atomic E-state index is 13.1. The monoisotopic (exact) mass is 328 g/mol. The first-order valence-corrected chi connectivity index (χ1v) is 7.92. The minimum absolute atomic E-state index is 0.0778. The van der Waals surface area contributed by atoms with Gasteiger partial charge < -0.3 is 5.11 Å². The number of carboxylic acids is 1. The van der Waals surface area contributed by atoms with Crippen LogP contribution in [-0.2, 0) is 11.3 Å². The second-order valence-corrected chi connectivity index (χ2v) is 6.31. The molecule has 1 saturated heterocycles. The lowest BCUT2D eigenvalue weighted by atomic mass is 10.1. The van der Waals surface area contributed by atoms with Gasteiger partial charge in [0.1, 0.15) is 5.82 Å². The second-order valence-electron chi connectivity index (χ2n) is 5.91. The highest BCUT2D eigenvalue weighted by atomic mass is 35.5. The molecule has 2 rings (SSSR count). The van der Waals surface area contributed by atoms with Crippen molar-refractivity contribution in [1.82, 2.24) is 9.80 Å². The maximum Gasteiger partial charge on any atom is 0.317 e. The molecule has 1 aromatic carbocycles. The Labute approximate surface area is 135 Å². The summed E-state index contributed by atoms with van der Waals surface area (Å²) in [6.45, 7) is 2.62. The summed E-state index contributed by atoms with van der Waals surface area (Å²) in [6, 6.07) is 4.81. The van der Waals surface area contributed by atoms with Gasteiger partial charge in [0.25, 0.3) is 0 Å². The summed E-state index contributed by atoms with van der Waals surface area (Å²) >= 11 is 6.09. The Balaban J connectivity index is 1.91. The van der Waals surface area contributed by atoms with Crippen molar-refractivity contribution >= 4 is 17.6 Å². The van der Waals surface area contributed by atoms with Crippen molar-refractivity contribution in [3.8, 4) is 0 Å². The minimum Gasteiger partial charge on any atom is -0.480 e. The highest BCUT2D eigenvalue weighted by Crippen LogP contribution is 2.22. The molecule has 0 saturated carbocycles. The number of carboxylic acid groups (broad SMARTS) is 1. The summed E-state index contributed by atoms with van der Waals surface area (Å²) in [5.74, 6) is -1.11. The Kier molecular flexibility index (Phi) is 6.17. The normalized spacial score (nSPS) is 20.1. The molecule has 0 radical (unpaired) electrons. The Morgan fingerprint density at radius 2 is 2.23 bits per heavy atom. The summed E-state index contributed by atoms with van der Waals surface area (Å²) in [7, 11) is 1.87. The third-order valence-corrected chi connectivity index (χ3v) is 4.56. The minimum atomic E-state index is -0.790. The summed E-state index contributed by atoms with van der Waals surface area (Å²) in [6.07, 6.45) is 2.95. The van der Waals surface area contributed by atoms with Gasteiger partial charge in [0, 0.05) is 17.6 Å². The van der Waals surface area contributed by atoms with E-state index in [2.05, 4.69) is 4.90 Å². The van der Waals surface area contributed by atoms with Gasteiger partial charge in [0.05, 0.1) is 6.54 Å². The van der Waals surface area contributed by atoms with Crippen LogP contribution in [0, 0.1) is 5.82 Å². The quantitative estimate of drug-likeness (QED) is 0.902. The van der Waals surface area contributed by atoms with Crippen molar-refractivity contribution in [2.24, 2.45) is 0 Å². The van der Waals surface area contributed by atoms with Crippen molar-refractivity contribution in [3.63, 3.8) is 0 Å². The number of likely N-dealkylation sites (tertiary alicyclic amines) is 1. The lowest BCUT2D eigenvalue weighted by molar-refractivity contribution is -0.138. The van der Waals surface area contributed by atoms with E-state index in [1.165, 1.54) is 12.1 Å². The number of rotatable bonds is 5. The van der Waals surface area contributed by atoms with E-state index in [-0.39, 0.29) is 12.4 Å². The lowest BCUT2D eigenvalue weighted by Crippen LogP contribution is -2.36. The zero-order valence-electron chi connectivity index (χ0n) is 12.8. The van der Waals surface area contributed by atoms with E-state index >= 15 is 0 Å². The van der Waals surface area contributed by atoms with Crippen LogP contribution in [0.4, 0.5) is 4.39 Å². The molecule has 1 atom stereocenters. The van der Waals surface area contributed by atoms with Crippen molar-refractivity contribution < 1.29 is 14.3 Å². The summed E-state index contributed by atoms with van der Waals surface area (Å²) in [5, 5.41) is 9.35. The first-order chi connectivity index (χ1) is 10.5. The fourth-order valence-electron chi connectivity index (χ4n) is 2.97. The lowest BCUT2D eigenvalue weighted by Gasteiger charge is -2.25. The number of likely N-dealkylation sites (N-methyl/N-ethyl adjacent to an activating group) is 1.